The van der Waals surface area contributed by atoms with Gasteiger partial charge in [-0.15, -0.1) is 0 Å². The third kappa shape index (κ3) is 6.56. The lowest BCUT2D eigenvalue weighted by Gasteiger charge is -2.46. The third-order valence-electron chi connectivity index (χ3n) is 8.85. The number of hydrogen-bond acceptors (Lipinski definition) is 5. The number of nitrogens with zero attached hydrogens (tertiary/aromatic N) is 2. The maximum atomic E-state index is 13.7. The third-order valence-corrected chi connectivity index (χ3v) is 9.57. The summed E-state index contributed by atoms with van der Waals surface area (Å²) in [6, 6.07) is 19.6. The number of benzene rings is 3. The minimum absolute atomic E-state index is 0.0202. The van der Waals surface area contributed by atoms with Gasteiger partial charge in [0.15, 0.2) is 5.75 Å². The van der Waals surface area contributed by atoms with Gasteiger partial charge in [0.2, 0.25) is 0 Å². The van der Waals surface area contributed by atoms with Crippen LogP contribution in [0.1, 0.15) is 46.7 Å². The second-order valence-electron chi connectivity index (χ2n) is 11.7. The number of hydrogen-bond donors (Lipinski definition) is 2. The summed E-state index contributed by atoms with van der Waals surface area (Å²) in [5, 5.41) is 5.39. The van der Waals surface area contributed by atoms with E-state index in [1.807, 2.05) is 24.3 Å². The first-order chi connectivity index (χ1) is 21.2. The lowest BCUT2D eigenvalue weighted by atomic mass is 9.92. The van der Waals surface area contributed by atoms with Gasteiger partial charge >= 0.3 is 0 Å². The van der Waals surface area contributed by atoms with Crippen LogP contribution in [0, 0.1) is 0 Å². The lowest BCUT2D eigenvalue weighted by molar-refractivity contribution is -1.03. The topological polar surface area (TPSA) is 97.0 Å². The number of ether oxygens (including phenoxy) is 1. The maximum absolute atomic E-state index is 13.7. The second kappa shape index (κ2) is 12.8. The molecule has 3 aliphatic rings. The summed E-state index contributed by atoms with van der Waals surface area (Å²) in [5.41, 5.74) is 6.87. The number of nitrogens with one attached hydrogen (secondary N) is 2. The van der Waals surface area contributed by atoms with E-state index in [-0.39, 0.29) is 18.2 Å². The zero-order valence-corrected chi connectivity index (χ0v) is 26.0. The van der Waals surface area contributed by atoms with Gasteiger partial charge in [-0.25, -0.2) is 4.59 Å². The van der Waals surface area contributed by atoms with Gasteiger partial charge in [-0.05, 0) is 47.7 Å². The molecule has 3 aromatic rings. The van der Waals surface area contributed by atoms with E-state index in [2.05, 4.69) is 35.1 Å². The van der Waals surface area contributed by atoms with E-state index in [0.717, 1.165) is 36.0 Å². The number of carbonyl (C=O) groups excluding carboxylic acids is 3. The summed E-state index contributed by atoms with van der Waals surface area (Å²) in [4.78, 5) is 44.1. The van der Waals surface area contributed by atoms with Gasteiger partial charge in [-0.2, -0.15) is 10.5 Å². The van der Waals surface area contributed by atoms with Crippen LogP contribution in [-0.4, -0.2) is 73.3 Å². The molecule has 11 heteroatoms. The zero-order valence-electron chi connectivity index (χ0n) is 24.5. The van der Waals surface area contributed by atoms with E-state index in [4.69, 9.17) is 32.8 Å². The van der Waals surface area contributed by atoms with Crippen LogP contribution in [0.2, 0.25) is 10.0 Å². The van der Waals surface area contributed by atoms with Crippen LogP contribution in [0.25, 0.3) is 11.1 Å². The molecule has 0 aromatic heterocycles. The first kappa shape index (κ1) is 30.4. The van der Waals surface area contributed by atoms with Crippen molar-refractivity contribution >= 4 is 40.9 Å². The molecule has 230 valence electrons. The van der Waals surface area contributed by atoms with Gasteiger partial charge in [0.1, 0.15) is 19.6 Å². The SMILES string of the molecule is CN(C(=O)CC1C(=O)NOc2cc(Cl)c(Cl)cc21)[N+]1(CCc2ccc(-c3ccc(C(=O)NC4CC4)cc3)cc2)CCOCC1. The summed E-state index contributed by atoms with van der Waals surface area (Å²) in [6.45, 7) is 3.09. The molecule has 1 saturated carbocycles. The molecule has 1 saturated heterocycles. The summed E-state index contributed by atoms with van der Waals surface area (Å²) in [5.74, 6) is -0.946. The van der Waals surface area contributed by atoms with Gasteiger partial charge in [-0.3, -0.25) is 14.4 Å². The molecule has 9 nitrogen and oxygen atoms in total. The zero-order chi connectivity index (χ0) is 30.8. The fraction of sp³-hybridized carbons (Fsp3) is 0.364. The molecule has 0 bridgehead atoms. The molecule has 2 heterocycles. The average molecular weight is 639 g/mol. The average Bonchev–Trinajstić information content (AvgIpc) is 3.87. The number of carbonyl (C=O) groups is 3. The molecule has 3 aromatic carbocycles. The van der Waals surface area contributed by atoms with E-state index in [1.165, 1.54) is 0 Å². The molecule has 1 atom stereocenters. The monoisotopic (exact) mass is 637 g/mol. The highest BCUT2D eigenvalue weighted by atomic mass is 35.5. The van der Waals surface area contributed by atoms with E-state index < -0.39 is 11.8 Å². The van der Waals surface area contributed by atoms with Crippen LogP contribution >= 0.6 is 23.2 Å². The van der Waals surface area contributed by atoms with Crippen molar-refractivity contribution in [1.29, 1.82) is 0 Å². The summed E-state index contributed by atoms with van der Waals surface area (Å²) in [6.07, 6.45) is 2.85. The first-order valence-corrected chi connectivity index (χ1v) is 15.6. The lowest BCUT2D eigenvalue weighted by Crippen LogP contribution is -2.66. The molecule has 3 amide bonds. The highest BCUT2D eigenvalue weighted by Crippen LogP contribution is 2.38. The summed E-state index contributed by atoms with van der Waals surface area (Å²) >= 11 is 12.4. The number of hydroxylamine groups is 1. The van der Waals surface area contributed by atoms with Gasteiger partial charge in [0.05, 0.1) is 36.2 Å². The van der Waals surface area contributed by atoms with Crippen LogP contribution in [0.5, 0.6) is 5.75 Å². The summed E-state index contributed by atoms with van der Waals surface area (Å²) < 4.78 is 6.10. The minimum Gasteiger partial charge on any atom is -0.379 e. The molecule has 2 aliphatic heterocycles. The predicted molar refractivity (Wildman–Crippen MR) is 167 cm³/mol. The fourth-order valence-corrected chi connectivity index (χ4v) is 6.16. The van der Waals surface area contributed by atoms with Crippen LogP contribution in [0.15, 0.2) is 60.7 Å². The van der Waals surface area contributed by atoms with Gasteiger partial charge < -0.3 is 14.9 Å². The van der Waals surface area contributed by atoms with Gasteiger partial charge in [0.25, 0.3) is 17.7 Å². The van der Waals surface area contributed by atoms with Crippen molar-refractivity contribution in [2.45, 2.75) is 37.6 Å². The van der Waals surface area contributed by atoms with Crippen molar-refractivity contribution in [1.82, 2.24) is 15.8 Å². The Labute approximate surface area is 266 Å². The van der Waals surface area contributed by atoms with Crippen LogP contribution in [0.4, 0.5) is 0 Å². The molecular weight excluding hydrogens is 603 g/mol. The normalized spacial score (nSPS) is 18.9. The molecule has 44 heavy (non-hydrogen) atoms. The molecule has 6 rings (SSSR count). The highest BCUT2D eigenvalue weighted by molar-refractivity contribution is 6.42. The van der Waals surface area contributed by atoms with E-state index >= 15 is 0 Å². The molecule has 1 unspecified atom stereocenters. The number of quaternary nitrogens is 1. The van der Waals surface area contributed by atoms with Crippen LogP contribution < -0.4 is 15.6 Å². The largest absolute Gasteiger partial charge is 0.379 e. The Morgan fingerprint density at radius 2 is 1.61 bits per heavy atom. The maximum Gasteiger partial charge on any atom is 0.268 e. The van der Waals surface area contributed by atoms with Gasteiger partial charge in [-0.1, -0.05) is 59.6 Å². The molecule has 0 radical (unpaired) electrons. The van der Waals surface area contributed by atoms with Crippen molar-refractivity contribution in [2.75, 3.05) is 39.9 Å². The Hall–Kier alpha value is -3.63. The molecule has 2 N–H and O–H groups in total. The molecule has 2 fully saturated rings. The van der Waals surface area contributed by atoms with Crippen molar-refractivity contribution in [3.63, 3.8) is 0 Å². The standard InChI is InChI=1S/C33H34Cl2N4O5/c1-38(31(40)19-27-26-18-28(34)29(35)20-30(26)44-37-33(27)42)39(14-16-43-17-15-39)13-12-21-2-4-22(5-3-21)23-6-8-24(9-7-23)32(41)36-25-10-11-25/h2-9,18,20,25,27H,10-17,19H2,1H3,(H-,36,37,41,42)/p+1. The highest BCUT2D eigenvalue weighted by Gasteiger charge is 2.41. The molecule has 1 aliphatic carbocycles. The van der Waals surface area contributed by atoms with Crippen molar-refractivity contribution in [2.24, 2.45) is 0 Å². The van der Waals surface area contributed by atoms with E-state index in [1.54, 1.807) is 24.2 Å². The van der Waals surface area contributed by atoms with E-state index in [0.29, 0.717) is 70.4 Å². The van der Waals surface area contributed by atoms with Crippen LogP contribution in [0.3, 0.4) is 0 Å². The van der Waals surface area contributed by atoms with Gasteiger partial charge in [0, 0.05) is 36.1 Å². The number of rotatable bonds is 9. The number of fused-ring (bicyclic) bond motifs is 1. The first-order valence-electron chi connectivity index (χ1n) is 14.9. The minimum atomic E-state index is -0.751. The van der Waals surface area contributed by atoms with Crippen molar-refractivity contribution in [3.05, 3.63) is 87.4 Å². The van der Waals surface area contributed by atoms with Crippen molar-refractivity contribution < 1.29 is 28.6 Å². The predicted octanol–water partition coefficient (Wildman–Crippen LogP) is 4.91. The quantitative estimate of drug-likeness (QED) is 0.325. The summed E-state index contributed by atoms with van der Waals surface area (Å²) in [7, 11) is 1.80. The Balaban J connectivity index is 1.12. The number of morpholine rings is 1. The van der Waals surface area contributed by atoms with Crippen molar-refractivity contribution in [3.8, 4) is 16.9 Å². The number of halogens is 2. The number of amides is 3. The molecule has 0 spiro atoms. The Bertz CT molecular complexity index is 1550. The molecular formula is C33H35Cl2N4O5+. The Morgan fingerprint density at radius 1 is 0.977 bits per heavy atom. The fourth-order valence-electron chi connectivity index (χ4n) is 5.84. The Kier molecular flexibility index (Phi) is 8.82. The van der Waals surface area contributed by atoms with E-state index in [9.17, 15) is 14.4 Å². The Morgan fingerprint density at radius 3 is 2.27 bits per heavy atom. The smallest absolute Gasteiger partial charge is 0.268 e. The van der Waals surface area contributed by atoms with Crippen LogP contribution in [-0.2, 0) is 20.7 Å². The second-order valence-corrected chi connectivity index (χ2v) is 12.5.